The van der Waals surface area contributed by atoms with Crippen molar-refractivity contribution in [2.45, 2.75) is 19.4 Å². The van der Waals surface area contributed by atoms with Crippen LogP contribution in [0, 0.1) is 11.3 Å². The Morgan fingerprint density at radius 2 is 1.75 bits per heavy atom. The van der Waals surface area contributed by atoms with E-state index in [0.717, 1.165) is 5.56 Å². The standard InChI is InChI=1S/C18H16ClN3O2/c1-12(21-18(24)14-4-6-15(19)7-5-14)17(23)22-16-8-2-13(3-9-16)10-11-20/h2-9,12H,10H2,1H3,(H,21,24)(H,22,23). The molecule has 24 heavy (non-hydrogen) atoms. The number of carbonyl (C=O) groups excluding carboxylic acids is 2. The summed E-state index contributed by atoms with van der Waals surface area (Å²) in [4.78, 5) is 24.2. The molecule has 2 amide bonds. The Labute approximate surface area is 145 Å². The normalized spacial score (nSPS) is 11.2. The third-order valence-electron chi connectivity index (χ3n) is 3.35. The summed E-state index contributed by atoms with van der Waals surface area (Å²) in [6, 6.07) is 14.8. The van der Waals surface area contributed by atoms with Crippen LogP contribution < -0.4 is 10.6 Å². The molecule has 1 atom stereocenters. The fourth-order valence-electron chi connectivity index (χ4n) is 1.99. The molecule has 5 nitrogen and oxygen atoms in total. The van der Waals surface area contributed by atoms with Crippen molar-refractivity contribution in [3.05, 3.63) is 64.7 Å². The van der Waals surface area contributed by atoms with Gasteiger partial charge in [-0.25, -0.2) is 0 Å². The summed E-state index contributed by atoms with van der Waals surface area (Å²) >= 11 is 5.78. The summed E-state index contributed by atoms with van der Waals surface area (Å²) in [5.74, 6) is -0.677. The number of anilines is 1. The minimum absolute atomic E-state index is 0.321. The molecule has 2 rings (SSSR count). The first kappa shape index (κ1) is 17.5. The molecule has 0 saturated heterocycles. The maximum atomic E-state index is 12.1. The van der Waals surface area contributed by atoms with E-state index in [1.807, 2.05) is 0 Å². The van der Waals surface area contributed by atoms with Crippen molar-refractivity contribution < 1.29 is 9.59 Å². The highest BCUT2D eigenvalue weighted by atomic mass is 35.5. The molecule has 0 aromatic heterocycles. The van der Waals surface area contributed by atoms with Crippen LogP contribution in [0.25, 0.3) is 0 Å². The van der Waals surface area contributed by atoms with Crippen LogP contribution in [0.5, 0.6) is 0 Å². The van der Waals surface area contributed by atoms with Gasteiger partial charge in [-0.05, 0) is 48.9 Å². The number of rotatable bonds is 5. The molecule has 122 valence electrons. The van der Waals surface area contributed by atoms with Crippen molar-refractivity contribution in [2.75, 3.05) is 5.32 Å². The third kappa shape index (κ3) is 4.83. The number of hydrogen-bond acceptors (Lipinski definition) is 3. The lowest BCUT2D eigenvalue weighted by Gasteiger charge is -2.14. The van der Waals surface area contributed by atoms with E-state index in [-0.39, 0.29) is 11.8 Å². The van der Waals surface area contributed by atoms with Gasteiger partial charge >= 0.3 is 0 Å². The van der Waals surface area contributed by atoms with Crippen molar-refractivity contribution >= 4 is 29.1 Å². The maximum Gasteiger partial charge on any atom is 0.251 e. The Kier molecular flexibility index (Phi) is 5.94. The zero-order valence-corrected chi connectivity index (χ0v) is 13.8. The molecule has 6 heteroatoms. The Bertz CT molecular complexity index is 764. The zero-order chi connectivity index (χ0) is 17.5. The number of nitriles is 1. The van der Waals surface area contributed by atoms with Crippen LogP contribution in [0.15, 0.2) is 48.5 Å². The number of carbonyl (C=O) groups is 2. The van der Waals surface area contributed by atoms with Gasteiger partial charge in [-0.15, -0.1) is 0 Å². The van der Waals surface area contributed by atoms with Gasteiger partial charge in [0, 0.05) is 16.3 Å². The maximum absolute atomic E-state index is 12.1. The van der Waals surface area contributed by atoms with Crippen molar-refractivity contribution in [1.82, 2.24) is 5.32 Å². The van der Waals surface area contributed by atoms with Gasteiger partial charge in [-0.2, -0.15) is 5.26 Å². The van der Waals surface area contributed by atoms with Gasteiger partial charge in [-0.3, -0.25) is 9.59 Å². The molecule has 0 fully saturated rings. The summed E-state index contributed by atoms with van der Waals surface area (Å²) < 4.78 is 0. The van der Waals surface area contributed by atoms with Crippen molar-refractivity contribution in [3.8, 4) is 6.07 Å². The molecule has 0 saturated carbocycles. The van der Waals surface area contributed by atoms with E-state index in [2.05, 4.69) is 16.7 Å². The Balaban J connectivity index is 1.93. The van der Waals surface area contributed by atoms with E-state index >= 15 is 0 Å². The first-order chi connectivity index (χ1) is 11.5. The quantitative estimate of drug-likeness (QED) is 0.876. The summed E-state index contributed by atoms with van der Waals surface area (Å²) in [6.45, 7) is 1.60. The van der Waals surface area contributed by atoms with Gasteiger partial charge in [0.15, 0.2) is 0 Å². The predicted octanol–water partition coefficient (Wildman–Crippen LogP) is 3.16. The molecule has 0 aliphatic carbocycles. The molecular formula is C18H16ClN3O2. The van der Waals surface area contributed by atoms with Crippen LogP contribution in [-0.2, 0) is 11.2 Å². The van der Waals surface area contributed by atoms with Crippen LogP contribution in [0.3, 0.4) is 0 Å². The van der Waals surface area contributed by atoms with E-state index < -0.39 is 6.04 Å². The summed E-state index contributed by atoms with van der Waals surface area (Å²) in [6.07, 6.45) is 0.321. The number of benzene rings is 2. The fraction of sp³-hybridized carbons (Fsp3) is 0.167. The smallest absolute Gasteiger partial charge is 0.251 e. The molecule has 0 heterocycles. The Hall–Kier alpha value is -2.84. The summed E-state index contributed by atoms with van der Waals surface area (Å²) in [5.41, 5.74) is 1.91. The fourth-order valence-corrected chi connectivity index (χ4v) is 2.12. The third-order valence-corrected chi connectivity index (χ3v) is 3.60. The van der Waals surface area contributed by atoms with Crippen molar-refractivity contribution in [2.24, 2.45) is 0 Å². The molecule has 0 spiro atoms. The van der Waals surface area contributed by atoms with Gasteiger partial charge in [0.1, 0.15) is 6.04 Å². The lowest BCUT2D eigenvalue weighted by molar-refractivity contribution is -0.117. The second-order valence-corrected chi connectivity index (χ2v) is 5.66. The summed E-state index contributed by atoms with van der Waals surface area (Å²) in [7, 11) is 0. The minimum Gasteiger partial charge on any atom is -0.341 e. The van der Waals surface area contributed by atoms with E-state index in [1.165, 1.54) is 0 Å². The van der Waals surface area contributed by atoms with Crippen LogP contribution in [0.1, 0.15) is 22.8 Å². The molecule has 0 radical (unpaired) electrons. The molecule has 0 bridgehead atoms. The summed E-state index contributed by atoms with van der Waals surface area (Å²) in [5, 5.41) is 14.5. The van der Waals surface area contributed by atoms with E-state index in [9.17, 15) is 9.59 Å². The Morgan fingerprint density at radius 1 is 1.12 bits per heavy atom. The van der Waals surface area contributed by atoms with Crippen LogP contribution in [0.2, 0.25) is 5.02 Å². The lowest BCUT2D eigenvalue weighted by atomic mass is 10.1. The van der Waals surface area contributed by atoms with Gasteiger partial charge < -0.3 is 10.6 Å². The monoisotopic (exact) mass is 341 g/mol. The largest absolute Gasteiger partial charge is 0.341 e. The minimum atomic E-state index is -0.702. The number of hydrogen-bond donors (Lipinski definition) is 2. The molecule has 0 aliphatic heterocycles. The molecular weight excluding hydrogens is 326 g/mol. The Morgan fingerprint density at radius 3 is 2.33 bits per heavy atom. The molecule has 2 aromatic carbocycles. The molecule has 2 aromatic rings. The topological polar surface area (TPSA) is 82.0 Å². The zero-order valence-electron chi connectivity index (χ0n) is 13.0. The first-order valence-corrected chi connectivity index (χ1v) is 7.70. The highest BCUT2D eigenvalue weighted by Crippen LogP contribution is 2.11. The average Bonchev–Trinajstić information content (AvgIpc) is 2.57. The van der Waals surface area contributed by atoms with Gasteiger partial charge in [0.05, 0.1) is 12.5 Å². The van der Waals surface area contributed by atoms with E-state index in [0.29, 0.717) is 22.7 Å². The number of halogens is 1. The molecule has 1 unspecified atom stereocenters. The second kappa shape index (κ2) is 8.14. The highest BCUT2D eigenvalue weighted by molar-refractivity contribution is 6.30. The lowest BCUT2D eigenvalue weighted by Crippen LogP contribution is -2.41. The SMILES string of the molecule is CC(NC(=O)c1ccc(Cl)cc1)C(=O)Nc1ccc(CC#N)cc1. The number of amides is 2. The highest BCUT2D eigenvalue weighted by Gasteiger charge is 2.16. The van der Waals surface area contributed by atoms with E-state index in [4.69, 9.17) is 16.9 Å². The molecule has 0 aliphatic rings. The van der Waals surface area contributed by atoms with Gasteiger partial charge in [0.25, 0.3) is 5.91 Å². The predicted molar refractivity (Wildman–Crippen MR) is 92.8 cm³/mol. The number of nitrogens with zero attached hydrogens (tertiary/aromatic N) is 1. The second-order valence-electron chi connectivity index (χ2n) is 5.22. The van der Waals surface area contributed by atoms with Gasteiger partial charge in [0.2, 0.25) is 5.91 Å². The molecule has 2 N–H and O–H groups in total. The van der Waals surface area contributed by atoms with Crippen molar-refractivity contribution in [1.29, 1.82) is 5.26 Å². The van der Waals surface area contributed by atoms with Crippen LogP contribution >= 0.6 is 11.6 Å². The van der Waals surface area contributed by atoms with Crippen molar-refractivity contribution in [3.63, 3.8) is 0 Å². The van der Waals surface area contributed by atoms with Crippen LogP contribution in [-0.4, -0.2) is 17.9 Å². The van der Waals surface area contributed by atoms with Gasteiger partial charge in [-0.1, -0.05) is 23.7 Å². The van der Waals surface area contributed by atoms with E-state index in [1.54, 1.807) is 55.5 Å². The first-order valence-electron chi connectivity index (χ1n) is 7.33. The number of nitrogens with one attached hydrogen (secondary N) is 2. The average molecular weight is 342 g/mol. The van der Waals surface area contributed by atoms with Crippen LogP contribution in [0.4, 0.5) is 5.69 Å².